The zero-order chi connectivity index (χ0) is 19.8. The summed E-state index contributed by atoms with van der Waals surface area (Å²) in [5, 5.41) is 13.7. The van der Waals surface area contributed by atoms with Gasteiger partial charge in [0.2, 0.25) is 0 Å². The summed E-state index contributed by atoms with van der Waals surface area (Å²) in [6, 6.07) is 14.4. The molecule has 1 aliphatic rings. The van der Waals surface area contributed by atoms with Crippen molar-refractivity contribution in [1.82, 2.24) is 10.2 Å². The molecule has 0 amide bonds. The van der Waals surface area contributed by atoms with Crippen LogP contribution in [0, 0.1) is 6.92 Å². The smallest absolute Gasteiger partial charge is 0.161 e. The van der Waals surface area contributed by atoms with Gasteiger partial charge < -0.3 is 24.8 Å². The molecule has 0 radical (unpaired) electrons. The van der Waals surface area contributed by atoms with Crippen molar-refractivity contribution < 1.29 is 14.6 Å². The molecule has 2 aromatic carbocycles. The Morgan fingerprint density at radius 1 is 1.07 bits per heavy atom. The van der Waals surface area contributed by atoms with Crippen LogP contribution in [-0.4, -0.2) is 49.5 Å². The number of β-amino-alcohol motifs (C(OH)–C–C–N with tert-alkyl or cyclic N) is 1. The van der Waals surface area contributed by atoms with Crippen molar-refractivity contribution in [1.29, 1.82) is 0 Å². The highest BCUT2D eigenvalue weighted by Crippen LogP contribution is 2.28. The summed E-state index contributed by atoms with van der Waals surface area (Å²) in [5.74, 6) is 1.37. The third-order valence-electron chi connectivity index (χ3n) is 5.23. The van der Waals surface area contributed by atoms with Gasteiger partial charge in [-0.3, -0.25) is 0 Å². The minimum Gasteiger partial charge on any atom is -0.493 e. The number of ether oxygens (including phenoxy) is 2. The Balaban J connectivity index is 1.49. The zero-order valence-corrected chi connectivity index (χ0v) is 17.0. The summed E-state index contributed by atoms with van der Waals surface area (Å²) < 4.78 is 11.3. The molecule has 28 heavy (non-hydrogen) atoms. The molecule has 0 aliphatic carbocycles. The maximum atomic E-state index is 10.2. The average Bonchev–Trinajstić information content (AvgIpc) is 3.21. The fourth-order valence-electron chi connectivity index (χ4n) is 3.59. The number of hydrogen-bond acceptors (Lipinski definition) is 5. The van der Waals surface area contributed by atoms with E-state index in [0.717, 1.165) is 31.7 Å². The third-order valence-corrected chi connectivity index (χ3v) is 5.23. The first kappa shape index (κ1) is 20.6. The summed E-state index contributed by atoms with van der Waals surface area (Å²) in [5.41, 5.74) is 3.74. The fraction of sp³-hybridized carbons (Fsp3) is 0.478. The number of rotatable bonds is 10. The predicted molar refractivity (Wildman–Crippen MR) is 112 cm³/mol. The number of nitrogens with one attached hydrogen (secondary N) is 1. The van der Waals surface area contributed by atoms with Gasteiger partial charge in [0.15, 0.2) is 11.5 Å². The Labute approximate surface area is 168 Å². The maximum Gasteiger partial charge on any atom is 0.161 e. The van der Waals surface area contributed by atoms with Crippen LogP contribution >= 0.6 is 0 Å². The van der Waals surface area contributed by atoms with Crippen LogP contribution in [-0.2, 0) is 13.1 Å². The van der Waals surface area contributed by atoms with Gasteiger partial charge in [-0.1, -0.05) is 30.3 Å². The minimum absolute atomic E-state index is 0.276. The summed E-state index contributed by atoms with van der Waals surface area (Å²) in [6.45, 7) is 6.80. The molecular weight excluding hydrogens is 352 g/mol. The molecule has 1 aliphatic heterocycles. The van der Waals surface area contributed by atoms with Gasteiger partial charge in [-0.25, -0.2) is 0 Å². The van der Waals surface area contributed by atoms with Crippen LogP contribution < -0.4 is 14.8 Å². The summed E-state index contributed by atoms with van der Waals surface area (Å²) in [6.07, 6.45) is 1.96. The van der Waals surface area contributed by atoms with Gasteiger partial charge in [0.1, 0.15) is 12.7 Å². The third kappa shape index (κ3) is 5.96. The molecule has 0 spiro atoms. The first-order chi connectivity index (χ1) is 13.7. The Hall–Kier alpha value is -2.08. The van der Waals surface area contributed by atoms with Gasteiger partial charge in [-0.15, -0.1) is 0 Å². The van der Waals surface area contributed by atoms with Crippen molar-refractivity contribution in [2.24, 2.45) is 0 Å². The van der Waals surface area contributed by atoms with Crippen molar-refractivity contribution in [2.45, 2.75) is 39.0 Å². The van der Waals surface area contributed by atoms with E-state index in [4.69, 9.17) is 9.47 Å². The largest absolute Gasteiger partial charge is 0.493 e. The van der Waals surface area contributed by atoms with E-state index in [1.54, 1.807) is 7.11 Å². The number of benzene rings is 2. The minimum atomic E-state index is -0.488. The number of likely N-dealkylation sites (tertiary alicyclic amines) is 1. The first-order valence-electron chi connectivity index (χ1n) is 10.1. The Bertz CT molecular complexity index is 744. The van der Waals surface area contributed by atoms with Crippen molar-refractivity contribution in [3.05, 3.63) is 59.2 Å². The van der Waals surface area contributed by atoms with Gasteiger partial charge in [0, 0.05) is 19.6 Å². The number of aryl methyl sites for hydroxylation is 1. The van der Waals surface area contributed by atoms with Gasteiger partial charge in [-0.2, -0.15) is 0 Å². The van der Waals surface area contributed by atoms with E-state index in [9.17, 15) is 5.11 Å². The monoisotopic (exact) mass is 384 g/mol. The molecule has 1 saturated heterocycles. The molecule has 0 saturated carbocycles. The number of nitrogens with zero attached hydrogens (tertiary/aromatic N) is 1. The second-order valence-electron chi connectivity index (χ2n) is 7.49. The van der Waals surface area contributed by atoms with E-state index in [1.807, 2.05) is 18.2 Å². The lowest BCUT2D eigenvalue weighted by Gasteiger charge is -2.20. The molecule has 1 unspecified atom stereocenters. The van der Waals surface area contributed by atoms with E-state index < -0.39 is 6.10 Å². The standard InChI is InChI=1S/C23H32N2O3/c1-18-7-3-4-8-20(18)15-24-14-19-9-10-22(23(13-19)27-2)28-17-21(26)16-25-11-5-6-12-25/h3-4,7-10,13,21,24,26H,5-6,11-12,14-17H2,1-2H3. The Morgan fingerprint density at radius 3 is 2.61 bits per heavy atom. The van der Waals surface area contributed by atoms with E-state index >= 15 is 0 Å². The molecule has 0 bridgehead atoms. The van der Waals surface area contributed by atoms with Crippen molar-refractivity contribution in [3.8, 4) is 11.5 Å². The molecule has 5 heteroatoms. The Morgan fingerprint density at radius 2 is 1.86 bits per heavy atom. The van der Waals surface area contributed by atoms with Crippen LogP contribution in [0.2, 0.25) is 0 Å². The van der Waals surface area contributed by atoms with E-state index in [1.165, 1.54) is 24.0 Å². The highest BCUT2D eigenvalue weighted by atomic mass is 16.5. The van der Waals surface area contributed by atoms with Crippen LogP contribution in [0.3, 0.4) is 0 Å². The fourth-order valence-corrected chi connectivity index (χ4v) is 3.59. The number of hydrogen-bond donors (Lipinski definition) is 2. The lowest BCUT2D eigenvalue weighted by molar-refractivity contribution is 0.0747. The summed E-state index contributed by atoms with van der Waals surface area (Å²) in [7, 11) is 1.65. The zero-order valence-electron chi connectivity index (χ0n) is 17.0. The van der Waals surface area contributed by atoms with Gasteiger partial charge >= 0.3 is 0 Å². The molecule has 1 heterocycles. The first-order valence-corrected chi connectivity index (χ1v) is 10.1. The molecule has 0 aromatic heterocycles. The average molecular weight is 385 g/mol. The molecular formula is C23H32N2O3. The predicted octanol–water partition coefficient (Wildman–Crippen LogP) is 3.13. The van der Waals surface area contributed by atoms with Crippen LogP contribution in [0.4, 0.5) is 0 Å². The molecule has 1 fully saturated rings. The molecule has 2 aromatic rings. The quantitative estimate of drug-likeness (QED) is 0.659. The van der Waals surface area contributed by atoms with E-state index in [-0.39, 0.29) is 6.61 Å². The van der Waals surface area contributed by atoms with Crippen molar-refractivity contribution in [3.63, 3.8) is 0 Å². The second-order valence-corrected chi connectivity index (χ2v) is 7.49. The van der Waals surface area contributed by atoms with E-state index in [2.05, 4.69) is 41.4 Å². The number of aliphatic hydroxyl groups is 1. The van der Waals surface area contributed by atoms with Crippen LogP contribution in [0.1, 0.15) is 29.5 Å². The second kappa shape index (κ2) is 10.5. The van der Waals surface area contributed by atoms with Crippen LogP contribution in [0.25, 0.3) is 0 Å². The van der Waals surface area contributed by atoms with Gasteiger partial charge in [0.05, 0.1) is 7.11 Å². The maximum absolute atomic E-state index is 10.2. The summed E-state index contributed by atoms with van der Waals surface area (Å²) >= 11 is 0. The van der Waals surface area contributed by atoms with E-state index in [0.29, 0.717) is 18.0 Å². The summed E-state index contributed by atoms with van der Waals surface area (Å²) in [4.78, 5) is 2.29. The topological polar surface area (TPSA) is 54.0 Å². The molecule has 1 atom stereocenters. The highest BCUT2D eigenvalue weighted by molar-refractivity contribution is 5.43. The molecule has 2 N–H and O–H groups in total. The van der Waals surface area contributed by atoms with Gasteiger partial charge in [-0.05, 0) is 61.7 Å². The number of methoxy groups -OCH3 is 1. The van der Waals surface area contributed by atoms with Gasteiger partial charge in [0.25, 0.3) is 0 Å². The lowest BCUT2D eigenvalue weighted by Crippen LogP contribution is -2.33. The number of aliphatic hydroxyl groups excluding tert-OH is 1. The molecule has 3 rings (SSSR count). The normalized spacial score (nSPS) is 15.5. The SMILES string of the molecule is COc1cc(CNCc2ccccc2C)ccc1OCC(O)CN1CCCC1. The molecule has 152 valence electrons. The van der Waals surface area contributed by atoms with Crippen molar-refractivity contribution in [2.75, 3.05) is 33.4 Å². The lowest BCUT2D eigenvalue weighted by atomic mass is 10.1. The molecule has 5 nitrogen and oxygen atoms in total. The van der Waals surface area contributed by atoms with Crippen LogP contribution in [0.5, 0.6) is 11.5 Å². The van der Waals surface area contributed by atoms with Crippen molar-refractivity contribution >= 4 is 0 Å². The Kier molecular flexibility index (Phi) is 7.71. The van der Waals surface area contributed by atoms with Crippen LogP contribution in [0.15, 0.2) is 42.5 Å². The highest BCUT2D eigenvalue weighted by Gasteiger charge is 2.17.